The summed E-state index contributed by atoms with van der Waals surface area (Å²) in [6.45, 7) is 2.28. The number of H-pyrrole nitrogens is 1. The molecular weight excluding hydrogens is 628 g/mol. The summed E-state index contributed by atoms with van der Waals surface area (Å²) in [7, 11) is 0. The number of nitrogens with one attached hydrogen (secondary N) is 2. The van der Waals surface area contributed by atoms with Crippen LogP contribution < -0.4 is 10.2 Å². The fourth-order valence-electron chi connectivity index (χ4n) is 7.32. The number of nitrogens with zero attached hydrogens (tertiary/aromatic N) is 2. The number of amides is 3. The molecule has 0 spiro atoms. The van der Waals surface area contributed by atoms with Gasteiger partial charge in [-0.25, -0.2) is 0 Å². The summed E-state index contributed by atoms with van der Waals surface area (Å²) in [4.78, 5) is 46.9. The maximum Gasteiger partial charge on any atom is 0.264 e. The number of hydrogen-bond donors (Lipinski definition) is 4. The number of aliphatic hydroxyl groups excluding tert-OH is 1. The van der Waals surface area contributed by atoms with E-state index in [-0.39, 0.29) is 43.8 Å². The van der Waals surface area contributed by atoms with Crippen molar-refractivity contribution in [2.24, 2.45) is 5.92 Å². The minimum absolute atomic E-state index is 0.0808. The van der Waals surface area contributed by atoms with E-state index in [0.717, 1.165) is 33.2 Å². The Kier molecular flexibility index (Phi) is 9.10. The van der Waals surface area contributed by atoms with Gasteiger partial charge in [-0.3, -0.25) is 14.4 Å². The molecule has 3 amide bonds. The molecule has 50 heavy (non-hydrogen) atoms. The molecular formula is C41H40N4O5. The molecule has 1 aromatic heterocycles. The van der Waals surface area contributed by atoms with Gasteiger partial charge in [0.25, 0.3) is 5.91 Å². The minimum atomic E-state index is -1.83. The van der Waals surface area contributed by atoms with Crippen LogP contribution in [0.15, 0.2) is 115 Å². The molecule has 2 aliphatic rings. The van der Waals surface area contributed by atoms with E-state index in [1.54, 1.807) is 41.0 Å². The normalized spacial score (nSPS) is 19.1. The number of aliphatic hydroxyl groups is 2. The lowest BCUT2D eigenvalue weighted by Crippen LogP contribution is -2.46. The maximum absolute atomic E-state index is 14.1. The van der Waals surface area contributed by atoms with Crippen molar-refractivity contribution in [2.45, 2.75) is 50.9 Å². The molecule has 3 atom stereocenters. The molecule has 254 valence electrons. The first-order valence-corrected chi connectivity index (χ1v) is 17.0. The van der Waals surface area contributed by atoms with Crippen LogP contribution in [0.5, 0.6) is 0 Å². The first kappa shape index (κ1) is 33.0. The summed E-state index contributed by atoms with van der Waals surface area (Å²) in [6, 6.07) is 30.1. The summed E-state index contributed by atoms with van der Waals surface area (Å²) >= 11 is 0. The first-order valence-electron chi connectivity index (χ1n) is 17.0. The van der Waals surface area contributed by atoms with E-state index in [4.69, 9.17) is 0 Å². The highest BCUT2D eigenvalue weighted by molar-refractivity contribution is 6.07. The van der Waals surface area contributed by atoms with Crippen LogP contribution in [-0.2, 0) is 45.9 Å². The van der Waals surface area contributed by atoms with E-state index in [1.807, 2.05) is 91.1 Å². The summed E-state index contributed by atoms with van der Waals surface area (Å²) in [5.41, 5.74) is 4.79. The van der Waals surface area contributed by atoms with Crippen LogP contribution in [0.3, 0.4) is 0 Å². The summed E-state index contributed by atoms with van der Waals surface area (Å²) in [5.74, 6) is -1.37. The Bertz CT molecular complexity index is 2100. The number of rotatable bonds is 10. The Morgan fingerprint density at radius 2 is 1.76 bits per heavy atom. The smallest absolute Gasteiger partial charge is 0.264 e. The van der Waals surface area contributed by atoms with Crippen molar-refractivity contribution in [1.29, 1.82) is 0 Å². The van der Waals surface area contributed by atoms with Gasteiger partial charge >= 0.3 is 0 Å². The molecule has 5 aromatic rings. The van der Waals surface area contributed by atoms with Gasteiger partial charge < -0.3 is 30.3 Å². The lowest BCUT2D eigenvalue weighted by molar-refractivity contribution is -0.139. The number of aromatic amines is 1. The van der Waals surface area contributed by atoms with E-state index in [0.29, 0.717) is 29.9 Å². The Balaban J connectivity index is 1.03. The van der Waals surface area contributed by atoms with Crippen molar-refractivity contribution in [3.63, 3.8) is 0 Å². The Morgan fingerprint density at radius 1 is 1.00 bits per heavy atom. The number of benzene rings is 4. The lowest BCUT2D eigenvalue weighted by Gasteiger charge is -2.36. The molecule has 0 saturated heterocycles. The van der Waals surface area contributed by atoms with Crippen molar-refractivity contribution in [3.05, 3.63) is 143 Å². The van der Waals surface area contributed by atoms with Crippen LogP contribution in [0.1, 0.15) is 41.2 Å². The van der Waals surface area contributed by atoms with Gasteiger partial charge in [0, 0.05) is 47.2 Å². The molecule has 7 rings (SSSR count). The Morgan fingerprint density at radius 3 is 2.60 bits per heavy atom. The summed E-state index contributed by atoms with van der Waals surface area (Å²) in [6.07, 6.45) is 6.18. The second-order valence-corrected chi connectivity index (χ2v) is 13.2. The van der Waals surface area contributed by atoms with Crippen molar-refractivity contribution in [2.75, 3.05) is 16.8 Å². The summed E-state index contributed by atoms with van der Waals surface area (Å²) in [5, 5.41) is 26.1. The minimum Gasteiger partial charge on any atom is -0.394 e. The quantitative estimate of drug-likeness (QED) is 0.144. The van der Waals surface area contributed by atoms with Crippen molar-refractivity contribution >= 4 is 40.0 Å². The second kappa shape index (κ2) is 13.8. The number of aromatic nitrogens is 1. The van der Waals surface area contributed by atoms with Crippen LogP contribution in [0, 0.1) is 5.92 Å². The van der Waals surface area contributed by atoms with Crippen LogP contribution in [0.4, 0.5) is 11.4 Å². The van der Waals surface area contributed by atoms with Gasteiger partial charge in [-0.05, 0) is 52.9 Å². The molecule has 4 aromatic carbocycles. The van der Waals surface area contributed by atoms with E-state index in [2.05, 4.69) is 10.3 Å². The molecule has 2 aliphatic heterocycles. The van der Waals surface area contributed by atoms with Gasteiger partial charge in [0.2, 0.25) is 11.8 Å². The highest BCUT2D eigenvalue weighted by Crippen LogP contribution is 2.45. The monoisotopic (exact) mass is 668 g/mol. The molecule has 0 aliphatic carbocycles. The second-order valence-electron chi connectivity index (χ2n) is 13.2. The van der Waals surface area contributed by atoms with Crippen molar-refractivity contribution < 1.29 is 24.6 Å². The van der Waals surface area contributed by atoms with Gasteiger partial charge in [0.1, 0.15) is 0 Å². The van der Waals surface area contributed by atoms with E-state index >= 15 is 0 Å². The lowest BCUT2D eigenvalue weighted by atomic mass is 9.83. The van der Waals surface area contributed by atoms with Gasteiger partial charge in [-0.2, -0.15) is 0 Å². The van der Waals surface area contributed by atoms with Gasteiger partial charge in [-0.15, -0.1) is 0 Å². The fourth-order valence-corrected chi connectivity index (χ4v) is 7.32. The molecule has 4 N–H and O–H groups in total. The van der Waals surface area contributed by atoms with Crippen LogP contribution in [0.25, 0.3) is 10.9 Å². The van der Waals surface area contributed by atoms with E-state index < -0.39 is 17.4 Å². The topological polar surface area (TPSA) is 126 Å². The third kappa shape index (κ3) is 6.21. The zero-order chi connectivity index (χ0) is 34.8. The fraction of sp³-hybridized carbons (Fsp3) is 0.244. The number of hydrogen-bond acceptors (Lipinski definition) is 5. The van der Waals surface area contributed by atoms with Gasteiger partial charge in [0.05, 0.1) is 31.3 Å². The molecule has 3 heterocycles. The SMILES string of the molecule is C[C@H](/C=C/CC(=O)N1Cc2ccccc2C[C@H]1CO)[C@@]1(O)C(=O)N(Cc2cccc(NC(=O)Cc3c[nH]c4ccccc34)c2)c2ccccc21. The predicted molar refractivity (Wildman–Crippen MR) is 193 cm³/mol. The zero-order valence-corrected chi connectivity index (χ0v) is 27.9. The van der Waals surface area contributed by atoms with Gasteiger partial charge in [0.15, 0.2) is 5.60 Å². The third-order valence-corrected chi connectivity index (χ3v) is 10.0. The molecule has 0 unspecified atom stereocenters. The summed E-state index contributed by atoms with van der Waals surface area (Å²) < 4.78 is 0. The molecule has 9 heteroatoms. The van der Waals surface area contributed by atoms with Gasteiger partial charge in [-0.1, -0.05) is 91.9 Å². The number of fused-ring (bicyclic) bond motifs is 3. The van der Waals surface area contributed by atoms with Crippen LogP contribution in [-0.4, -0.2) is 50.5 Å². The standard InChI is InChI=1S/C41H40N4O5/c1-27(10-8-19-39(48)44-25-30-13-3-2-12-29(30)21-33(44)26-46)41(50)35-16-5-7-18-37(35)45(40(41)49)24-28-11-9-14-32(20-28)43-38(47)22-31-23-42-36-17-6-4-15-34(31)36/h2-18,20,23,27,33,42,46,50H,19,21-22,24-26H2,1H3,(H,43,47)/b10-8+/t27-,33+,41+/m1/s1. The first-order chi connectivity index (χ1) is 24.3. The molecule has 0 saturated carbocycles. The number of anilines is 2. The van der Waals surface area contributed by atoms with Crippen molar-refractivity contribution in [1.82, 2.24) is 9.88 Å². The van der Waals surface area contributed by atoms with E-state index in [9.17, 15) is 24.6 Å². The molecule has 0 radical (unpaired) electrons. The van der Waals surface area contributed by atoms with Crippen molar-refractivity contribution in [3.8, 4) is 0 Å². The highest BCUT2D eigenvalue weighted by atomic mass is 16.3. The number of carbonyl (C=O) groups excluding carboxylic acids is 3. The average Bonchev–Trinajstić information content (AvgIpc) is 3.63. The average molecular weight is 669 g/mol. The highest BCUT2D eigenvalue weighted by Gasteiger charge is 2.52. The Labute approximate surface area is 290 Å². The number of carbonyl (C=O) groups is 3. The predicted octanol–water partition coefficient (Wildman–Crippen LogP) is 5.61. The maximum atomic E-state index is 14.1. The largest absolute Gasteiger partial charge is 0.394 e. The van der Waals surface area contributed by atoms with Crippen LogP contribution in [0.2, 0.25) is 0 Å². The number of para-hydroxylation sites is 2. The van der Waals surface area contributed by atoms with Crippen LogP contribution >= 0.6 is 0 Å². The molecule has 9 nitrogen and oxygen atoms in total. The van der Waals surface area contributed by atoms with E-state index in [1.165, 1.54) is 0 Å². The molecule has 0 fully saturated rings. The Hall–Kier alpha value is -5.51. The third-order valence-electron chi connectivity index (χ3n) is 10.0. The molecule has 0 bridgehead atoms. The zero-order valence-electron chi connectivity index (χ0n) is 27.9.